The lowest BCUT2D eigenvalue weighted by molar-refractivity contribution is 0.0958. The molecule has 5 heteroatoms. The summed E-state index contributed by atoms with van der Waals surface area (Å²) in [5.74, 6) is 0.954. The molecule has 0 fully saturated rings. The fourth-order valence-electron chi connectivity index (χ4n) is 1.27. The average molecular weight is 269 g/mol. The average Bonchev–Trinajstić information content (AvgIpc) is 2.48. The maximum absolute atomic E-state index is 11.4. The molecule has 0 radical (unpaired) electrons. The molecule has 0 saturated carbocycles. The van der Waals surface area contributed by atoms with Crippen LogP contribution < -0.4 is 15.4 Å². The highest BCUT2D eigenvalue weighted by molar-refractivity contribution is 5.92. The number of allylic oxidation sites excluding steroid dienone is 1. The topological polar surface area (TPSA) is 63.2 Å². The highest BCUT2D eigenvalue weighted by Gasteiger charge is 2.09. The Labute approximate surface area is 118 Å². The van der Waals surface area contributed by atoms with E-state index in [-0.39, 0.29) is 8.76 Å². The van der Waals surface area contributed by atoms with Crippen LogP contribution in [0.2, 0.25) is 0 Å². The first-order valence-electron chi connectivity index (χ1n) is 6.35. The van der Waals surface area contributed by atoms with E-state index < -0.39 is 0 Å². The van der Waals surface area contributed by atoms with E-state index in [1.807, 2.05) is 32.9 Å². The molecule has 1 rings (SSSR count). The van der Waals surface area contributed by atoms with Crippen molar-refractivity contribution in [1.29, 1.82) is 0 Å². The molecule has 110 valence electrons. The number of ether oxygens (including phenoxy) is 1. The Morgan fingerprint density at radius 2 is 2.16 bits per heavy atom. The van der Waals surface area contributed by atoms with Gasteiger partial charge >= 0.3 is 0 Å². The van der Waals surface area contributed by atoms with Gasteiger partial charge in [-0.05, 0) is 19.1 Å². The third-order valence-corrected chi connectivity index (χ3v) is 2.16. The zero-order valence-electron chi connectivity index (χ0n) is 12.3. The second-order valence-electron chi connectivity index (χ2n) is 3.28. The lowest BCUT2D eigenvalue weighted by Crippen LogP contribution is -2.19. The van der Waals surface area contributed by atoms with Gasteiger partial charge in [-0.25, -0.2) is 4.98 Å². The van der Waals surface area contributed by atoms with Gasteiger partial charge in [-0.1, -0.05) is 26.0 Å². The first-order valence-corrected chi connectivity index (χ1v) is 6.35. The van der Waals surface area contributed by atoms with Crippen molar-refractivity contribution in [1.82, 2.24) is 10.3 Å². The quantitative estimate of drug-likeness (QED) is 0.807. The zero-order chi connectivity index (χ0) is 14.7. The van der Waals surface area contributed by atoms with Gasteiger partial charge in [-0.15, -0.1) is 0 Å². The molecule has 2 N–H and O–H groups in total. The van der Waals surface area contributed by atoms with Gasteiger partial charge in [0, 0.05) is 16.4 Å². The molecule has 0 aromatic carbocycles. The Kier molecular flexibility index (Phi) is 8.87. The summed E-state index contributed by atoms with van der Waals surface area (Å²) in [6.07, 6.45) is 3.88. The van der Waals surface area contributed by atoms with Crippen LogP contribution in [-0.4, -0.2) is 31.6 Å². The molecule has 5 nitrogen and oxygen atoms in total. The number of nitrogens with zero attached hydrogens (tertiary/aromatic N) is 1. The lowest BCUT2D eigenvalue weighted by Gasteiger charge is -2.10. The Bertz CT molecular complexity index is 427. The van der Waals surface area contributed by atoms with E-state index in [9.17, 15) is 4.79 Å². The largest absolute Gasteiger partial charge is 0.493 e. The summed E-state index contributed by atoms with van der Waals surface area (Å²) in [6, 6.07) is 3.34. The first-order chi connectivity index (χ1) is 9.22. The maximum Gasteiger partial charge on any atom is 0.269 e. The number of nitrogens with one attached hydrogen (secondary N) is 2. The Balaban J connectivity index is -0.000000774. The smallest absolute Gasteiger partial charge is 0.269 e. The van der Waals surface area contributed by atoms with Crippen molar-refractivity contribution in [2.24, 2.45) is 0 Å². The van der Waals surface area contributed by atoms with Gasteiger partial charge in [0.25, 0.3) is 5.91 Å². The Morgan fingerprint density at radius 1 is 1.47 bits per heavy atom. The van der Waals surface area contributed by atoms with Crippen molar-refractivity contribution in [2.75, 3.05) is 26.0 Å². The number of methoxy groups -OCH3 is 1. The number of amides is 1. The summed E-state index contributed by atoms with van der Waals surface area (Å²) < 4.78 is 5.16. The minimum Gasteiger partial charge on any atom is -0.493 e. The monoisotopic (exact) mass is 269 g/mol. The molecule has 19 heavy (non-hydrogen) atoms. The number of pyridine rings is 1. The molecule has 0 unspecified atom stereocenters. The fraction of sp³-hybridized carbons (Fsp3) is 0.429. The molecule has 1 heterocycles. The van der Waals surface area contributed by atoms with Crippen LogP contribution in [0.3, 0.4) is 0 Å². The van der Waals surface area contributed by atoms with Crippen molar-refractivity contribution in [3.05, 3.63) is 30.0 Å². The molecule has 1 amide bonds. The molecular formula is C14H27N3O2. The Hall–Kier alpha value is -2.04. The molecule has 0 aliphatic carbocycles. The zero-order valence-corrected chi connectivity index (χ0v) is 12.3. The third kappa shape index (κ3) is 5.42. The van der Waals surface area contributed by atoms with Gasteiger partial charge in [0.1, 0.15) is 5.69 Å². The first kappa shape index (κ1) is 17.0. The predicted octanol–water partition coefficient (Wildman–Crippen LogP) is 2.96. The number of rotatable bonds is 5. The molecule has 0 atom stereocenters. The van der Waals surface area contributed by atoms with Crippen LogP contribution in [0.25, 0.3) is 0 Å². The summed E-state index contributed by atoms with van der Waals surface area (Å²) in [4.78, 5) is 15.6. The number of carbonyl (C=O) groups excluding carboxylic acids is 1. The number of hydrogen-bond donors (Lipinski definition) is 2. The van der Waals surface area contributed by atoms with E-state index in [4.69, 9.17) is 4.74 Å². The van der Waals surface area contributed by atoms with E-state index in [1.54, 1.807) is 26.3 Å². The highest BCUT2D eigenvalue weighted by Crippen LogP contribution is 2.21. The van der Waals surface area contributed by atoms with Crippen molar-refractivity contribution >= 4 is 11.7 Å². The van der Waals surface area contributed by atoms with Crippen molar-refractivity contribution in [3.63, 3.8) is 0 Å². The van der Waals surface area contributed by atoms with Gasteiger partial charge in [-0.3, -0.25) is 4.79 Å². The summed E-state index contributed by atoms with van der Waals surface area (Å²) in [6.45, 7) is 6.57. The molecule has 1 aromatic heterocycles. The molecule has 1 aromatic rings. The fourth-order valence-corrected chi connectivity index (χ4v) is 1.27. The molecule has 0 aliphatic rings. The second kappa shape index (κ2) is 9.94. The van der Waals surface area contributed by atoms with Crippen molar-refractivity contribution < 1.29 is 12.4 Å². The van der Waals surface area contributed by atoms with Crippen molar-refractivity contribution in [2.45, 2.75) is 20.8 Å². The SMILES string of the molecule is C/C=C/CNc1nc(C(=O)NC)ccc1OC.CC.[HH].[HH]. The minimum absolute atomic E-state index is 0. The van der Waals surface area contributed by atoms with Crippen LogP contribution in [0.15, 0.2) is 24.3 Å². The second-order valence-corrected chi connectivity index (χ2v) is 3.28. The maximum atomic E-state index is 11.4. The van der Waals surface area contributed by atoms with Crippen LogP contribution in [0.5, 0.6) is 5.75 Å². The van der Waals surface area contributed by atoms with Gasteiger partial charge < -0.3 is 15.4 Å². The van der Waals surface area contributed by atoms with E-state index in [0.717, 1.165) is 0 Å². The van der Waals surface area contributed by atoms with Crippen LogP contribution in [0.1, 0.15) is 34.1 Å². The van der Waals surface area contributed by atoms with Gasteiger partial charge in [0.15, 0.2) is 11.6 Å². The number of aromatic nitrogens is 1. The van der Waals surface area contributed by atoms with Gasteiger partial charge in [0.05, 0.1) is 7.11 Å². The normalized spacial score (nSPS) is 9.53. The number of carbonyl (C=O) groups is 1. The summed E-state index contributed by atoms with van der Waals surface area (Å²) in [5.41, 5.74) is 0.358. The number of anilines is 1. The van der Waals surface area contributed by atoms with E-state index in [0.29, 0.717) is 23.8 Å². The summed E-state index contributed by atoms with van der Waals surface area (Å²) >= 11 is 0. The number of hydrogen-bond acceptors (Lipinski definition) is 4. The van der Waals surface area contributed by atoms with Crippen LogP contribution in [-0.2, 0) is 0 Å². The molecular weight excluding hydrogens is 242 g/mol. The van der Waals surface area contributed by atoms with Crippen LogP contribution in [0.4, 0.5) is 5.82 Å². The molecule has 0 bridgehead atoms. The van der Waals surface area contributed by atoms with Crippen LogP contribution in [0, 0.1) is 0 Å². The Morgan fingerprint density at radius 3 is 2.68 bits per heavy atom. The van der Waals surface area contributed by atoms with Gasteiger partial charge in [-0.2, -0.15) is 0 Å². The van der Waals surface area contributed by atoms with E-state index in [2.05, 4.69) is 15.6 Å². The molecule has 0 spiro atoms. The standard InChI is InChI=1S/C12H17N3O2.C2H6.2H2/c1-4-5-8-14-11-10(17-3)7-6-9(15-11)12(16)13-2;1-2;;/h4-7H,8H2,1-3H3,(H,13,16)(H,14,15);1-2H3;2*1H/b5-4+;;;. The van der Waals surface area contributed by atoms with E-state index >= 15 is 0 Å². The van der Waals surface area contributed by atoms with Gasteiger partial charge in [0.2, 0.25) is 0 Å². The minimum atomic E-state index is -0.221. The van der Waals surface area contributed by atoms with Crippen molar-refractivity contribution in [3.8, 4) is 5.75 Å². The summed E-state index contributed by atoms with van der Waals surface area (Å²) in [5, 5.41) is 5.61. The highest BCUT2D eigenvalue weighted by atomic mass is 16.5. The summed E-state index contributed by atoms with van der Waals surface area (Å²) in [7, 11) is 3.14. The third-order valence-electron chi connectivity index (χ3n) is 2.16. The predicted molar refractivity (Wildman–Crippen MR) is 83.1 cm³/mol. The lowest BCUT2D eigenvalue weighted by atomic mass is 10.3. The molecule has 0 saturated heterocycles. The van der Waals surface area contributed by atoms with E-state index in [1.165, 1.54) is 0 Å². The molecule has 0 aliphatic heterocycles. The van der Waals surface area contributed by atoms with Crippen LogP contribution >= 0.6 is 0 Å².